The summed E-state index contributed by atoms with van der Waals surface area (Å²) in [7, 11) is 0. The molecular formula is C26H29N5O. The molecule has 1 N–H and O–H groups in total. The van der Waals surface area contributed by atoms with Crippen molar-refractivity contribution in [3.05, 3.63) is 78.0 Å². The summed E-state index contributed by atoms with van der Waals surface area (Å²) in [6.07, 6.45) is 2.05. The summed E-state index contributed by atoms with van der Waals surface area (Å²) in [5, 5.41) is 11.7. The number of aromatic nitrogens is 3. The summed E-state index contributed by atoms with van der Waals surface area (Å²) >= 11 is 0. The third-order valence-electron chi connectivity index (χ3n) is 5.77. The lowest BCUT2D eigenvalue weighted by Crippen LogP contribution is -2.34. The van der Waals surface area contributed by atoms with Crippen LogP contribution in [0.25, 0.3) is 28.2 Å². The minimum atomic E-state index is -0.0419. The lowest BCUT2D eigenvalue weighted by Gasteiger charge is -2.18. The highest BCUT2D eigenvalue weighted by Gasteiger charge is 2.11. The third-order valence-corrected chi connectivity index (χ3v) is 5.77. The zero-order chi connectivity index (χ0) is 22.5. The highest BCUT2D eigenvalue weighted by Crippen LogP contribution is 2.24. The van der Waals surface area contributed by atoms with E-state index in [1.165, 1.54) is 5.56 Å². The Kier molecular flexibility index (Phi) is 6.61. The molecule has 0 saturated heterocycles. The molecule has 0 spiro atoms. The molecule has 0 aliphatic heterocycles. The van der Waals surface area contributed by atoms with Crippen LogP contribution in [-0.2, 0) is 0 Å². The Morgan fingerprint density at radius 2 is 1.69 bits per heavy atom. The molecule has 0 bridgehead atoms. The number of carbonyl (C=O) groups is 1. The number of benzene rings is 2. The largest absolute Gasteiger partial charge is 0.351 e. The number of aryl methyl sites for hydroxylation is 1. The van der Waals surface area contributed by atoms with Gasteiger partial charge in [-0.15, -0.1) is 10.2 Å². The molecule has 0 radical (unpaired) electrons. The van der Waals surface area contributed by atoms with Crippen molar-refractivity contribution in [2.24, 2.45) is 0 Å². The molecule has 2 aromatic heterocycles. The molecule has 6 nitrogen and oxygen atoms in total. The fourth-order valence-electron chi connectivity index (χ4n) is 3.83. The van der Waals surface area contributed by atoms with Gasteiger partial charge in [0.2, 0.25) is 0 Å². The maximum absolute atomic E-state index is 12.5. The number of hydrogen-bond acceptors (Lipinski definition) is 4. The van der Waals surface area contributed by atoms with Gasteiger partial charge in [-0.3, -0.25) is 9.20 Å². The first-order chi connectivity index (χ1) is 15.6. The van der Waals surface area contributed by atoms with Gasteiger partial charge in [-0.1, -0.05) is 49.7 Å². The van der Waals surface area contributed by atoms with Gasteiger partial charge in [0.1, 0.15) is 0 Å². The summed E-state index contributed by atoms with van der Waals surface area (Å²) in [4.78, 5) is 14.8. The van der Waals surface area contributed by atoms with Crippen LogP contribution in [0.1, 0.15) is 29.8 Å². The average Bonchev–Trinajstić information content (AvgIpc) is 3.25. The van der Waals surface area contributed by atoms with E-state index in [1.54, 1.807) is 0 Å². The summed E-state index contributed by atoms with van der Waals surface area (Å²) < 4.78 is 2.01. The highest BCUT2D eigenvalue weighted by atomic mass is 16.1. The molecule has 0 aliphatic carbocycles. The number of likely N-dealkylation sites (N-methyl/N-ethyl adjacent to an activating group) is 1. The van der Waals surface area contributed by atoms with E-state index in [-0.39, 0.29) is 5.91 Å². The first-order valence-corrected chi connectivity index (χ1v) is 11.1. The van der Waals surface area contributed by atoms with Crippen LogP contribution >= 0.6 is 0 Å². The summed E-state index contributed by atoms with van der Waals surface area (Å²) in [6, 6.07) is 20.0. The topological polar surface area (TPSA) is 62.5 Å². The number of hydrogen-bond donors (Lipinski definition) is 1. The van der Waals surface area contributed by atoms with Crippen LogP contribution in [0.2, 0.25) is 0 Å². The van der Waals surface area contributed by atoms with Crippen LogP contribution in [0.5, 0.6) is 0 Å². The highest BCUT2D eigenvalue weighted by molar-refractivity contribution is 5.94. The Hall–Kier alpha value is -3.51. The Balaban J connectivity index is 1.52. The van der Waals surface area contributed by atoms with Crippen LogP contribution in [0.3, 0.4) is 0 Å². The van der Waals surface area contributed by atoms with Gasteiger partial charge in [-0.2, -0.15) is 0 Å². The molecule has 0 saturated carbocycles. The lowest BCUT2D eigenvalue weighted by molar-refractivity contribution is 0.0949. The zero-order valence-electron chi connectivity index (χ0n) is 18.9. The molecule has 1 amide bonds. The summed E-state index contributed by atoms with van der Waals surface area (Å²) in [5.74, 6) is 0.773. The molecule has 0 fully saturated rings. The van der Waals surface area contributed by atoms with Crippen molar-refractivity contribution < 1.29 is 4.79 Å². The van der Waals surface area contributed by atoms with Crippen molar-refractivity contribution in [2.75, 3.05) is 26.2 Å². The predicted molar refractivity (Wildman–Crippen MR) is 129 cm³/mol. The minimum absolute atomic E-state index is 0.0419. The first kappa shape index (κ1) is 21.7. The SMILES string of the molecule is CCN(CC)CCNC(=O)c1ccc(-c2ccc3nnc(-c4cccc(C)c4)n3c2)cc1. The van der Waals surface area contributed by atoms with Crippen molar-refractivity contribution in [1.29, 1.82) is 0 Å². The quantitative estimate of drug-likeness (QED) is 0.451. The number of fused-ring (bicyclic) bond motifs is 1. The van der Waals surface area contributed by atoms with Gasteiger partial charge in [0.05, 0.1) is 0 Å². The van der Waals surface area contributed by atoms with Gasteiger partial charge in [-0.25, -0.2) is 0 Å². The van der Waals surface area contributed by atoms with E-state index >= 15 is 0 Å². The molecule has 4 rings (SSSR count). The molecular weight excluding hydrogens is 398 g/mol. The van der Waals surface area contributed by atoms with Crippen molar-refractivity contribution in [3.8, 4) is 22.5 Å². The fourth-order valence-corrected chi connectivity index (χ4v) is 3.83. The van der Waals surface area contributed by atoms with Crippen LogP contribution < -0.4 is 5.32 Å². The number of nitrogens with zero attached hydrogens (tertiary/aromatic N) is 4. The van der Waals surface area contributed by atoms with E-state index in [0.29, 0.717) is 12.1 Å². The van der Waals surface area contributed by atoms with Crippen LogP contribution in [0, 0.1) is 6.92 Å². The van der Waals surface area contributed by atoms with E-state index in [4.69, 9.17) is 0 Å². The molecule has 32 heavy (non-hydrogen) atoms. The van der Waals surface area contributed by atoms with E-state index in [1.807, 2.05) is 59.1 Å². The molecule has 0 aliphatic rings. The van der Waals surface area contributed by atoms with Gasteiger partial charge in [0, 0.05) is 30.4 Å². The average molecular weight is 428 g/mol. The molecule has 0 unspecified atom stereocenters. The number of pyridine rings is 1. The molecule has 2 heterocycles. The minimum Gasteiger partial charge on any atom is -0.351 e. The molecule has 6 heteroatoms. The van der Waals surface area contributed by atoms with Crippen molar-refractivity contribution in [1.82, 2.24) is 24.8 Å². The normalized spacial score (nSPS) is 11.2. The van der Waals surface area contributed by atoms with Crippen molar-refractivity contribution in [2.45, 2.75) is 20.8 Å². The Morgan fingerprint density at radius 3 is 2.41 bits per heavy atom. The number of carbonyl (C=O) groups excluding carboxylic acids is 1. The lowest BCUT2D eigenvalue weighted by atomic mass is 10.1. The Labute approximate surface area is 188 Å². The van der Waals surface area contributed by atoms with Crippen LogP contribution in [0.15, 0.2) is 66.9 Å². The second-order valence-electron chi connectivity index (χ2n) is 7.90. The number of nitrogens with one attached hydrogen (secondary N) is 1. The summed E-state index contributed by atoms with van der Waals surface area (Å²) in [5.41, 5.74) is 5.76. The van der Waals surface area contributed by atoms with Gasteiger partial charge in [0.25, 0.3) is 5.91 Å². The Morgan fingerprint density at radius 1 is 0.938 bits per heavy atom. The standard InChI is InChI=1S/C26H29N5O/c1-4-30(5-2)16-15-27-26(32)21-11-9-20(10-12-21)23-13-14-24-28-29-25(31(24)18-23)22-8-6-7-19(3)17-22/h6-14,17-18H,4-5,15-16H2,1-3H3,(H,27,32). The fraction of sp³-hybridized carbons (Fsp3) is 0.269. The van der Waals surface area contributed by atoms with E-state index in [0.717, 1.165) is 47.8 Å². The monoisotopic (exact) mass is 427 g/mol. The molecule has 4 aromatic rings. The summed E-state index contributed by atoms with van der Waals surface area (Å²) in [6.45, 7) is 9.82. The van der Waals surface area contributed by atoms with E-state index in [2.05, 4.69) is 53.3 Å². The van der Waals surface area contributed by atoms with Crippen molar-refractivity contribution >= 4 is 11.6 Å². The molecule has 164 valence electrons. The number of rotatable bonds is 8. The third kappa shape index (κ3) is 4.70. The van der Waals surface area contributed by atoms with Crippen molar-refractivity contribution in [3.63, 3.8) is 0 Å². The maximum Gasteiger partial charge on any atom is 0.251 e. The second kappa shape index (κ2) is 9.75. The zero-order valence-corrected chi connectivity index (χ0v) is 18.9. The van der Waals surface area contributed by atoms with Gasteiger partial charge in [-0.05, 0) is 61.5 Å². The first-order valence-electron chi connectivity index (χ1n) is 11.1. The predicted octanol–water partition coefficient (Wildman–Crippen LogP) is 4.44. The molecule has 2 aromatic carbocycles. The van der Waals surface area contributed by atoms with Gasteiger partial charge < -0.3 is 10.2 Å². The Bertz CT molecular complexity index is 1210. The molecule has 0 atom stereocenters. The van der Waals surface area contributed by atoms with Crippen LogP contribution in [-0.4, -0.2) is 51.6 Å². The smallest absolute Gasteiger partial charge is 0.251 e. The van der Waals surface area contributed by atoms with Gasteiger partial charge >= 0.3 is 0 Å². The van der Waals surface area contributed by atoms with E-state index < -0.39 is 0 Å². The van der Waals surface area contributed by atoms with Crippen LogP contribution in [0.4, 0.5) is 0 Å². The van der Waals surface area contributed by atoms with Gasteiger partial charge in [0.15, 0.2) is 11.5 Å². The maximum atomic E-state index is 12.5. The van der Waals surface area contributed by atoms with E-state index in [9.17, 15) is 4.79 Å². The number of amides is 1. The second-order valence-corrected chi connectivity index (χ2v) is 7.90.